The van der Waals surface area contributed by atoms with Gasteiger partial charge in [0.1, 0.15) is 5.02 Å². The van der Waals surface area contributed by atoms with Crippen LogP contribution in [-0.4, -0.2) is 59.8 Å². The molecular formula is C24H29ClN4O4. The molecule has 1 saturated heterocycles. The third-order valence-corrected chi connectivity index (χ3v) is 6.95. The average Bonchev–Trinajstić information content (AvgIpc) is 2.86. The second-order valence-electron chi connectivity index (χ2n) is 8.65. The summed E-state index contributed by atoms with van der Waals surface area (Å²) in [4.78, 5) is 41.7. The van der Waals surface area contributed by atoms with Gasteiger partial charge in [-0.1, -0.05) is 43.0 Å². The summed E-state index contributed by atoms with van der Waals surface area (Å²) in [6.45, 7) is 2.35. The average molecular weight is 473 g/mol. The van der Waals surface area contributed by atoms with E-state index in [1.165, 1.54) is 32.6 Å². The third-order valence-electron chi connectivity index (χ3n) is 6.60. The first-order chi connectivity index (χ1) is 16.0. The number of anilines is 1. The maximum absolute atomic E-state index is 13.0. The van der Waals surface area contributed by atoms with Gasteiger partial charge in [-0.2, -0.15) is 9.78 Å². The lowest BCUT2D eigenvalue weighted by Crippen LogP contribution is -2.49. The Morgan fingerprint density at radius 2 is 1.76 bits per heavy atom. The van der Waals surface area contributed by atoms with E-state index in [1.807, 2.05) is 9.80 Å². The highest BCUT2D eigenvalue weighted by Gasteiger charge is 2.26. The van der Waals surface area contributed by atoms with Gasteiger partial charge in [-0.3, -0.25) is 9.59 Å². The van der Waals surface area contributed by atoms with Gasteiger partial charge in [-0.25, -0.2) is 4.79 Å². The van der Waals surface area contributed by atoms with E-state index in [4.69, 9.17) is 16.3 Å². The first kappa shape index (κ1) is 23.3. The van der Waals surface area contributed by atoms with Gasteiger partial charge in [0.2, 0.25) is 5.91 Å². The van der Waals surface area contributed by atoms with Crippen LogP contribution < -0.4 is 10.5 Å². The highest BCUT2D eigenvalue weighted by atomic mass is 35.5. The molecule has 176 valence electrons. The number of hydrogen-bond acceptors (Lipinski definition) is 6. The van der Waals surface area contributed by atoms with E-state index in [1.54, 1.807) is 24.3 Å². The lowest BCUT2D eigenvalue weighted by Gasteiger charge is -2.37. The molecule has 4 rings (SSSR count). The monoisotopic (exact) mass is 472 g/mol. The molecule has 9 heteroatoms. The van der Waals surface area contributed by atoms with Crippen LogP contribution in [0.1, 0.15) is 48.9 Å². The molecule has 1 aromatic carbocycles. The van der Waals surface area contributed by atoms with Gasteiger partial charge in [0.15, 0.2) is 0 Å². The summed E-state index contributed by atoms with van der Waals surface area (Å²) in [7, 11) is 1.28. The van der Waals surface area contributed by atoms with E-state index >= 15 is 0 Å². The highest BCUT2D eigenvalue weighted by Crippen LogP contribution is 2.28. The van der Waals surface area contributed by atoms with Crippen LogP contribution in [0.25, 0.3) is 5.69 Å². The Labute approximate surface area is 198 Å². The van der Waals surface area contributed by atoms with Crippen molar-refractivity contribution in [1.29, 1.82) is 0 Å². The minimum atomic E-state index is -0.562. The molecule has 2 aromatic rings. The molecule has 0 N–H and O–H groups in total. The summed E-state index contributed by atoms with van der Waals surface area (Å²) in [5, 5.41) is 4.32. The normalized spacial score (nSPS) is 17.2. The zero-order valence-electron chi connectivity index (χ0n) is 18.8. The van der Waals surface area contributed by atoms with Crippen molar-refractivity contribution in [2.75, 3.05) is 38.2 Å². The van der Waals surface area contributed by atoms with Crippen LogP contribution in [0.2, 0.25) is 5.02 Å². The number of carbonyl (C=O) groups excluding carboxylic acids is 2. The number of aromatic nitrogens is 2. The highest BCUT2D eigenvalue weighted by molar-refractivity contribution is 6.33. The third kappa shape index (κ3) is 5.05. The number of halogens is 1. The number of ether oxygens (including phenoxy) is 1. The van der Waals surface area contributed by atoms with Gasteiger partial charge in [0.05, 0.1) is 30.2 Å². The Bertz CT molecular complexity index is 1070. The maximum Gasteiger partial charge on any atom is 0.340 e. The molecule has 0 unspecified atom stereocenters. The number of rotatable bonds is 5. The van der Waals surface area contributed by atoms with Crippen molar-refractivity contribution >= 4 is 29.2 Å². The minimum Gasteiger partial charge on any atom is -0.465 e. The van der Waals surface area contributed by atoms with Crippen LogP contribution in [0, 0.1) is 5.92 Å². The Kier molecular flexibility index (Phi) is 7.33. The number of piperazine rings is 1. The molecule has 33 heavy (non-hydrogen) atoms. The fourth-order valence-electron chi connectivity index (χ4n) is 4.72. The summed E-state index contributed by atoms with van der Waals surface area (Å²) in [5.74, 6) is 0.178. The molecule has 8 nitrogen and oxygen atoms in total. The summed E-state index contributed by atoms with van der Waals surface area (Å²) < 4.78 is 5.92. The zero-order chi connectivity index (χ0) is 23.4. The maximum atomic E-state index is 13.0. The van der Waals surface area contributed by atoms with Crippen molar-refractivity contribution in [2.45, 2.75) is 38.5 Å². The lowest BCUT2D eigenvalue weighted by molar-refractivity contribution is -0.132. The van der Waals surface area contributed by atoms with Gasteiger partial charge in [0, 0.05) is 32.6 Å². The zero-order valence-corrected chi connectivity index (χ0v) is 19.6. The molecule has 1 amide bonds. The molecular weight excluding hydrogens is 444 g/mol. The van der Waals surface area contributed by atoms with Gasteiger partial charge < -0.3 is 14.5 Å². The lowest BCUT2D eigenvalue weighted by atomic mass is 9.86. The molecule has 1 aliphatic heterocycles. The first-order valence-corrected chi connectivity index (χ1v) is 11.9. The van der Waals surface area contributed by atoms with Crippen LogP contribution in [0.5, 0.6) is 0 Å². The predicted molar refractivity (Wildman–Crippen MR) is 126 cm³/mol. The van der Waals surface area contributed by atoms with E-state index in [9.17, 15) is 14.4 Å². The van der Waals surface area contributed by atoms with Crippen molar-refractivity contribution in [3.8, 4) is 5.69 Å². The molecule has 0 atom stereocenters. The van der Waals surface area contributed by atoms with E-state index in [0.717, 1.165) is 17.5 Å². The Hall–Kier alpha value is -2.87. The Morgan fingerprint density at radius 3 is 2.45 bits per heavy atom. The van der Waals surface area contributed by atoms with Gasteiger partial charge in [0.25, 0.3) is 5.56 Å². The SMILES string of the molecule is COC(=O)c1ccccc1-n1ncc(N2CCN(C(=O)CC3CCCCC3)CC2)c(Cl)c1=O. The van der Waals surface area contributed by atoms with Crippen molar-refractivity contribution in [3.63, 3.8) is 0 Å². The van der Waals surface area contributed by atoms with Gasteiger partial charge in [-0.15, -0.1) is 0 Å². The summed E-state index contributed by atoms with van der Waals surface area (Å²) in [6.07, 6.45) is 8.23. The molecule has 1 aromatic heterocycles. The molecule has 0 radical (unpaired) electrons. The van der Waals surface area contributed by atoms with E-state index in [2.05, 4.69) is 5.10 Å². The van der Waals surface area contributed by atoms with Crippen molar-refractivity contribution in [2.24, 2.45) is 5.92 Å². The van der Waals surface area contributed by atoms with E-state index in [0.29, 0.717) is 49.9 Å². The fourth-order valence-corrected chi connectivity index (χ4v) is 4.97. The number of nitrogens with zero attached hydrogens (tertiary/aromatic N) is 4. The van der Waals surface area contributed by atoms with Crippen LogP contribution in [0.3, 0.4) is 0 Å². The number of hydrogen-bond donors (Lipinski definition) is 0. The first-order valence-electron chi connectivity index (χ1n) is 11.5. The largest absolute Gasteiger partial charge is 0.465 e. The number of benzene rings is 1. The van der Waals surface area contributed by atoms with Crippen LogP contribution in [0.15, 0.2) is 35.3 Å². The molecule has 1 saturated carbocycles. The molecule has 0 bridgehead atoms. The molecule has 2 aliphatic rings. The topological polar surface area (TPSA) is 84.7 Å². The quantitative estimate of drug-likeness (QED) is 0.621. The van der Waals surface area contributed by atoms with Crippen molar-refractivity contribution in [3.05, 3.63) is 51.4 Å². The number of amides is 1. The van der Waals surface area contributed by atoms with Gasteiger partial charge in [-0.05, 0) is 30.9 Å². The number of para-hydroxylation sites is 1. The summed E-state index contributed by atoms with van der Waals surface area (Å²) in [6, 6.07) is 6.58. The molecule has 1 aliphatic carbocycles. The Morgan fingerprint density at radius 1 is 1.06 bits per heavy atom. The molecule has 0 spiro atoms. The predicted octanol–water partition coefficient (Wildman–Crippen LogP) is 3.29. The van der Waals surface area contributed by atoms with Gasteiger partial charge >= 0.3 is 5.97 Å². The summed E-state index contributed by atoms with van der Waals surface area (Å²) >= 11 is 6.46. The fraction of sp³-hybridized carbons (Fsp3) is 0.500. The van der Waals surface area contributed by atoms with E-state index < -0.39 is 11.5 Å². The van der Waals surface area contributed by atoms with Crippen LogP contribution >= 0.6 is 11.6 Å². The number of carbonyl (C=O) groups is 2. The van der Waals surface area contributed by atoms with Crippen LogP contribution in [-0.2, 0) is 9.53 Å². The van der Waals surface area contributed by atoms with Crippen molar-refractivity contribution in [1.82, 2.24) is 14.7 Å². The molecule has 2 heterocycles. The second-order valence-corrected chi connectivity index (χ2v) is 9.02. The molecule has 2 fully saturated rings. The summed E-state index contributed by atoms with van der Waals surface area (Å²) in [5.41, 5.74) is 0.554. The Balaban J connectivity index is 1.46. The minimum absolute atomic E-state index is 0.0339. The van der Waals surface area contributed by atoms with Crippen LogP contribution in [0.4, 0.5) is 5.69 Å². The second kappa shape index (κ2) is 10.4. The van der Waals surface area contributed by atoms with Crippen molar-refractivity contribution < 1.29 is 14.3 Å². The standard InChI is InChI=1S/C24H29ClN4O4/c1-33-24(32)18-9-5-6-10-19(18)29-23(31)22(25)20(16-26-29)27-11-13-28(14-12-27)21(30)15-17-7-3-2-4-8-17/h5-6,9-10,16-17H,2-4,7-8,11-15H2,1H3. The van der Waals surface area contributed by atoms with E-state index in [-0.39, 0.29) is 16.5 Å². The smallest absolute Gasteiger partial charge is 0.340 e. The number of methoxy groups -OCH3 is 1. The number of esters is 1.